The molecule has 2 saturated heterocycles. The third-order valence-electron chi connectivity index (χ3n) is 14.1. The number of hydrogen-bond acceptors (Lipinski definition) is 12. The van der Waals surface area contributed by atoms with Crippen LogP contribution in [0.3, 0.4) is 0 Å². The number of rotatable bonds is 5. The lowest BCUT2D eigenvalue weighted by atomic mass is 9.43. The Morgan fingerprint density at radius 2 is 1.47 bits per heavy atom. The van der Waals surface area contributed by atoms with Crippen LogP contribution in [0.4, 0.5) is 0 Å². The third kappa shape index (κ3) is 5.36. The number of aliphatic hydroxyl groups is 6. The van der Waals surface area contributed by atoms with Gasteiger partial charge in [-0.25, -0.2) is 4.79 Å². The Labute approximate surface area is 276 Å². The summed E-state index contributed by atoms with van der Waals surface area (Å²) in [6.45, 7) is 8.17. The van der Waals surface area contributed by atoms with Crippen LogP contribution < -0.4 is 0 Å². The smallest absolute Gasteiger partial charge is 0.331 e. The van der Waals surface area contributed by atoms with E-state index in [0.29, 0.717) is 18.4 Å². The highest BCUT2D eigenvalue weighted by molar-refractivity contribution is 5.85. The van der Waals surface area contributed by atoms with Crippen molar-refractivity contribution in [3.8, 4) is 0 Å². The molecule has 266 valence electrons. The fourth-order valence-corrected chi connectivity index (χ4v) is 11.2. The molecule has 3 heterocycles. The molecular weight excluding hydrogens is 612 g/mol. The highest BCUT2D eigenvalue weighted by Gasteiger charge is 2.68. The van der Waals surface area contributed by atoms with Crippen LogP contribution in [0.2, 0.25) is 0 Å². The number of esters is 1. The highest BCUT2D eigenvalue weighted by atomic mass is 16.7. The Morgan fingerprint density at radius 1 is 0.766 bits per heavy atom. The number of carbonyl (C=O) groups is 1. The summed E-state index contributed by atoms with van der Waals surface area (Å²) in [5.74, 6) is 0.862. The van der Waals surface area contributed by atoms with E-state index in [1.54, 1.807) is 13.0 Å². The summed E-state index contributed by atoms with van der Waals surface area (Å²) < 4.78 is 29.0. The van der Waals surface area contributed by atoms with E-state index in [2.05, 4.69) is 13.8 Å². The van der Waals surface area contributed by atoms with Crippen LogP contribution in [-0.4, -0.2) is 116 Å². The standard InChI is InChI=1S/C35H54O12/c1-16-25(37)27(39)28(40)31(44-16)47-30-26(38)17(2)45-32(29(30)41)46-20-7-10-33(3)19(14-20)5-6-23-22(33)8-11-34(4)21(9-12-35(23,34)42)18-13-24(36)43-15-18/h13,16-17,19-23,25-32,37-42H,5-12,14-15H2,1-4H3. The maximum Gasteiger partial charge on any atom is 0.331 e. The van der Waals surface area contributed by atoms with Crippen molar-refractivity contribution in [2.45, 2.75) is 159 Å². The zero-order chi connectivity index (χ0) is 33.6. The van der Waals surface area contributed by atoms with E-state index in [1.807, 2.05) is 0 Å². The summed E-state index contributed by atoms with van der Waals surface area (Å²) in [6, 6.07) is 0. The van der Waals surface area contributed by atoms with Crippen LogP contribution in [0.25, 0.3) is 0 Å². The molecule has 0 aromatic heterocycles. The molecule has 3 aliphatic heterocycles. The van der Waals surface area contributed by atoms with Crippen molar-refractivity contribution in [1.29, 1.82) is 0 Å². The molecule has 18 unspecified atom stereocenters. The summed E-state index contributed by atoms with van der Waals surface area (Å²) in [4.78, 5) is 11.9. The summed E-state index contributed by atoms with van der Waals surface area (Å²) >= 11 is 0. The van der Waals surface area contributed by atoms with Gasteiger partial charge in [-0.2, -0.15) is 0 Å². The monoisotopic (exact) mass is 666 g/mol. The van der Waals surface area contributed by atoms with Crippen molar-refractivity contribution in [3.05, 3.63) is 11.6 Å². The summed E-state index contributed by atoms with van der Waals surface area (Å²) in [6.07, 6.45) is -2.82. The molecule has 12 nitrogen and oxygen atoms in total. The molecule has 6 N–H and O–H groups in total. The largest absolute Gasteiger partial charge is 0.458 e. The maximum atomic E-state index is 12.5. The van der Waals surface area contributed by atoms with E-state index < -0.39 is 67.0 Å². The first-order chi connectivity index (χ1) is 22.2. The second kappa shape index (κ2) is 12.2. The van der Waals surface area contributed by atoms with E-state index in [9.17, 15) is 35.4 Å². The number of ether oxygens (including phenoxy) is 5. The van der Waals surface area contributed by atoms with Crippen LogP contribution >= 0.6 is 0 Å². The van der Waals surface area contributed by atoms with Gasteiger partial charge in [-0.15, -0.1) is 0 Å². The Hall–Kier alpha value is -1.19. The molecule has 0 bridgehead atoms. The lowest BCUT2D eigenvalue weighted by Crippen LogP contribution is -2.64. The first-order valence-electron chi connectivity index (χ1n) is 17.8. The van der Waals surface area contributed by atoms with E-state index >= 15 is 0 Å². The van der Waals surface area contributed by atoms with Gasteiger partial charge in [0.1, 0.15) is 43.2 Å². The van der Waals surface area contributed by atoms with Crippen molar-refractivity contribution in [2.24, 2.45) is 34.5 Å². The molecule has 0 aromatic rings. The number of cyclic esters (lactones) is 1. The molecule has 0 aromatic carbocycles. The minimum atomic E-state index is -1.58. The minimum Gasteiger partial charge on any atom is -0.458 e. The van der Waals surface area contributed by atoms with Gasteiger partial charge >= 0.3 is 5.97 Å². The molecular formula is C35H54O12. The van der Waals surface area contributed by atoms with Gasteiger partial charge in [-0.3, -0.25) is 0 Å². The van der Waals surface area contributed by atoms with Crippen molar-refractivity contribution in [3.63, 3.8) is 0 Å². The predicted molar refractivity (Wildman–Crippen MR) is 164 cm³/mol. The van der Waals surface area contributed by atoms with E-state index in [4.69, 9.17) is 23.7 Å². The van der Waals surface area contributed by atoms with E-state index in [-0.39, 0.29) is 34.7 Å². The van der Waals surface area contributed by atoms with E-state index in [1.165, 1.54) is 6.92 Å². The third-order valence-corrected chi connectivity index (χ3v) is 14.1. The van der Waals surface area contributed by atoms with Gasteiger partial charge in [0.05, 0.1) is 23.9 Å². The fraction of sp³-hybridized carbons (Fsp3) is 0.914. The molecule has 12 heteroatoms. The summed E-state index contributed by atoms with van der Waals surface area (Å²) in [5, 5.41) is 65.4. The molecule has 4 aliphatic carbocycles. The Kier molecular flexibility index (Phi) is 8.93. The van der Waals surface area contributed by atoms with Crippen LogP contribution in [0.15, 0.2) is 11.6 Å². The van der Waals surface area contributed by atoms with Crippen LogP contribution in [-0.2, 0) is 28.5 Å². The number of aliphatic hydroxyl groups excluding tert-OH is 5. The van der Waals surface area contributed by atoms with Gasteiger partial charge < -0.3 is 54.3 Å². The van der Waals surface area contributed by atoms with Crippen molar-refractivity contribution < 1.29 is 59.1 Å². The number of carbonyl (C=O) groups excluding carboxylic acids is 1. The van der Waals surface area contributed by atoms with Gasteiger partial charge in [0.2, 0.25) is 0 Å². The average molecular weight is 667 g/mol. The first kappa shape index (κ1) is 34.3. The average Bonchev–Trinajstić information content (AvgIpc) is 3.58. The maximum absolute atomic E-state index is 12.5. The molecule has 6 fully saturated rings. The molecule has 18 atom stereocenters. The van der Waals surface area contributed by atoms with Crippen molar-refractivity contribution in [2.75, 3.05) is 6.61 Å². The van der Waals surface area contributed by atoms with Gasteiger partial charge in [0.25, 0.3) is 0 Å². The predicted octanol–water partition coefficient (Wildman–Crippen LogP) is 1.31. The van der Waals surface area contributed by atoms with Gasteiger partial charge in [-0.1, -0.05) is 13.8 Å². The second-order valence-electron chi connectivity index (χ2n) is 16.3. The topological polar surface area (TPSA) is 185 Å². The molecule has 0 spiro atoms. The normalized spacial score (nSPS) is 56.3. The van der Waals surface area contributed by atoms with Crippen LogP contribution in [0, 0.1) is 34.5 Å². The molecule has 4 saturated carbocycles. The molecule has 0 radical (unpaired) electrons. The Bertz CT molecular complexity index is 1230. The Balaban J connectivity index is 1.01. The second-order valence-corrected chi connectivity index (χ2v) is 16.3. The van der Waals surface area contributed by atoms with Gasteiger partial charge in [0.15, 0.2) is 12.6 Å². The van der Waals surface area contributed by atoms with E-state index in [0.717, 1.165) is 63.4 Å². The van der Waals surface area contributed by atoms with Crippen LogP contribution in [0.5, 0.6) is 0 Å². The fourth-order valence-electron chi connectivity index (χ4n) is 11.2. The number of hydrogen-bond donors (Lipinski definition) is 6. The quantitative estimate of drug-likeness (QED) is 0.183. The summed E-state index contributed by atoms with van der Waals surface area (Å²) in [7, 11) is 0. The zero-order valence-corrected chi connectivity index (χ0v) is 27.9. The minimum absolute atomic E-state index is 0.0430. The first-order valence-corrected chi connectivity index (χ1v) is 17.8. The molecule has 47 heavy (non-hydrogen) atoms. The molecule has 7 rings (SSSR count). The van der Waals surface area contributed by atoms with Crippen LogP contribution in [0.1, 0.15) is 85.5 Å². The molecule has 7 aliphatic rings. The Morgan fingerprint density at radius 3 is 2.17 bits per heavy atom. The highest BCUT2D eigenvalue weighted by Crippen LogP contribution is 2.70. The van der Waals surface area contributed by atoms with Crippen molar-refractivity contribution in [1.82, 2.24) is 0 Å². The van der Waals surface area contributed by atoms with Crippen molar-refractivity contribution >= 4 is 5.97 Å². The lowest BCUT2D eigenvalue weighted by Gasteiger charge is -2.64. The van der Waals surface area contributed by atoms with Gasteiger partial charge in [0, 0.05) is 11.5 Å². The number of fused-ring (bicyclic) bond motifs is 5. The van der Waals surface area contributed by atoms with Gasteiger partial charge in [-0.05, 0) is 106 Å². The molecule has 0 amide bonds. The SMILES string of the molecule is CC1OC(OC2C(O)C(C)OC(OC3CCC4(C)C(CCC5C4CCC4(C)C(C6=CC(=O)OC6)CCC54O)C3)C2O)C(O)C(O)C1O. The lowest BCUT2D eigenvalue weighted by molar-refractivity contribution is -0.359. The summed E-state index contributed by atoms with van der Waals surface area (Å²) in [5.41, 5.74) is 0.0310. The zero-order valence-electron chi connectivity index (χ0n) is 27.9.